The third-order valence-corrected chi connectivity index (χ3v) is 3.92. The third-order valence-electron chi connectivity index (χ3n) is 3.63. The summed E-state index contributed by atoms with van der Waals surface area (Å²) in [5.74, 6) is -0.0160. The number of carbonyl (C=O) groups excluding carboxylic acids is 1. The van der Waals surface area contributed by atoms with Crippen LogP contribution in [0.3, 0.4) is 0 Å². The van der Waals surface area contributed by atoms with Crippen molar-refractivity contribution in [2.24, 2.45) is 5.92 Å². The van der Waals surface area contributed by atoms with E-state index in [9.17, 15) is 9.18 Å². The number of carbonyl (C=O) groups is 1. The maximum absolute atomic E-state index is 13.0. The summed E-state index contributed by atoms with van der Waals surface area (Å²) in [4.78, 5) is 14.1. The Morgan fingerprint density at radius 2 is 2.38 bits per heavy atom. The molecule has 0 spiro atoms. The molecule has 1 heterocycles. The average Bonchev–Trinajstić information content (AvgIpc) is 2.89. The quantitative estimate of drug-likeness (QED) is 0.878. The third kappa shape index (κ3) is 4.95. The fourth-order valence-corrected chi connectivity index (χ4v) is 2.73. The van der Waals surface area contributed by atoms with Crippen molar-refractivity contribution in [1.29, 1.82) is 0 Å². The van der Waals surface area contributed by atoms with Crippen LogP contribution in [0.15, 0.2) is 18.2 Å². The first-order valence-electron chi connectivity index (χ1n) is 7.04. The summed E-state index contributed by atoms with van der Waals surface area (Å²) in [6.07, 6.45) is 1.53. The first-order valence-corrected chi connectivity index (χ1v) is 7.42. The van der Waals surface area contributed by atoms with Crippen LogP contribution in [0.25, 0.3) is 0 Å². The smallest absolute Gasteiger partial charge is 0.225 e. The zero-order valence-corrected chi connectivity index (χ0v) is 12.8. The predicted molar refractivity (Wildman–Crippen MR) is 81.1 cm³/mol. The maximum Gasteiger partial charge on any atom is 0.225 e. The molecule has 4 nitrogen and oxygen atoms in total. The van der Waals surface area contributed by atoms with Crippen molar-refractivity contribution in [3.63, 3.8) is 0 Å². The van der Waals surface area contributed by atoms with E-state index in [1.807, 2.05) is 0 Å². The van der Waals surface area contributed by atoms with Crippen molar-refractivity contribution in [2.75, 3.05) is 38.7 Å². The predicted octanol–water partition coefficient (Wildman–Crippen LogP) is 2.78. The number of amides is 1. The van der Waals surface area contributed by atoms with E-state index < -0.39 is 5.82 Å². The number of hydrogen-bond acceptors (Lipinski definition) is 3. The van der Waals surface area contributed by atoms with Gasteiger partial charge in [-0.1, -0.05) is 11.6 Å². The molecule has 0 bridgehead atoms. The largest absolute Gasteiger partial charge is 0.384 e. The second-order valence-electron chi connectivity index (χ2n) is 5.34. The van der Waals surface area contributed by atoms with Crippen LogP contribution >= 0.6 is 11.6 Å². The van der Waals surface area contributed by atoms with Crippen LogP contribution in [0.4, 0.5) is 10.1 Å². The van der Waals surface area contributed by atoms with Crippen LogP contribution in [0.1, 0.15) is 12.8 Å². The molecular formula is C15H20ClFN2O2. The van der Waals surface area contributed by atoms with Crippen molar-refractivity contribution in [3.8, 4) is 0 Å². The number of benzene rings is 1. The highest BCUT2D eigenvalue weighted by atomic mass is 35.5. The number of hydrogen-bond donors (Lipinski definition) is 1. The molecule has 1 fully saturated rings. The van der Waals surface area contributed by atoms with Crippen LogP contribution < -0.4 is 5.32 Å². The summed E-state index contributed by atoms with van der Waals surface area (Å²) >= 11 is 5.68. The monoisotopic (exact) mass is 314 g/mol. The molecule has 0 aromatic heterocycles. The summed E-state index contributed by atoms with van der Waals surface area (Å²) in [6, 6.07) is 4.16. The molecule has 0 aliphatic carbocycles. The van der Waals surface area contributed by atoms with E-state index in [0.717, 1.165) is 32.7 Å². The fourth-order valence-electron chi connectivity index (χ4n) is 2.54. The van der Waals surface area contributed by atoms with Crippen molar-refractivity contribution >= 4 is 23.2 Å². The number of anilines is 1. The molecule has 21 heavy (non-hydrogen) atoms. The molecular weight excluding hydrogens is 295 g/mol. The minimum Gasteiger partial charge on any atom is -0.384 e. The second kappa shape index (κ2) is 7.73. The number of rotatable bonds is 6. The van der Waals surface area contributed by atoms with Gasteiger partial charge in [0, 0.05) is 32.3 Å². The first-order chi connectivity index (χ1) is 10.1. The van der Waals surface area contributed by atoms with E-state index >= 15 is 0 Å². The number of likely N-dealkylation sites (tertiary alicyclic amines) is 1. The number of nitrogens with zero attached hydrogens (tertiary/aromatic N) is 1. The minimum absolute atomic E-state index is 0.00903. The van der Waals surface area contributed by atoms with Crippen LogP contribution in [-0.4, -0.2) is 44.2 Å². The van der Waals surface area contributed by atoms with Gasteiger partial charge in [-0.25, -0.2) is 4.39 Å². The van der Waals surface area contributed by atoms with Crippen LogP contribution in [0.5, 0.6) is 0 Å². The van der Waals surface area contributed by atoms with Gasteiger partial charge in [-0.15, -0.1) is 0 Å². The van der Waals surface area contributed by atoms with Crippen LogP contribution in [0.2, 0.25) is 5.02 Å². The molecule has 6 heteroatoms. The Kier molecular flexibility index (Phi) is 5.96. The molecule has 1 saturated heterocycles. The molecule has 1 atom stereocenters. The van der Waals surface area contributed by atoms with E-state index in [-0.39, 0.29) is 10.9 Å². The molecule has 1 aromatic rings. The van der Waals surface area contributed by atoms with Gasteiger partial charge in [0.15, 0.2) is 0 Å². The second-order valence-corrected chi connectivity index (χ2v) is 5.74. The summed E-state index contributed by atoms with van der Waals surface area (Å²) in [7, 11) is 1.71. The molecule has 116 valence electrons. The van der Waals surface area contributed by atoms with Crippen molar-refractivity contribution in [3.05, 3.63) is 29.0 Å². The minimum atomic E-state index is -0.490. The SMILES string of the molecule is COCC1CCN(CCC(=O)Nc2ccc(F)c(Cl)c2)C1. The summed E-state index contributed by atoms with van der Waals surface area (Å²) < 4.78 is 18.2. The molecule has 1 N–H and O–H groups in total. The summed E-state index contributed by atoms with van der Waals surface area (Å²) in [6.45, 7) is 3.48. The van der Waals surface area contributed by atoms with Gasteiger partial charge >= 0.3 is 0 Å². The van der Waals surface area contributed by atoms with Gasteiger partial charge in [0.2, 0.25) is 5.91 Å². The van der Waals surface area contributed by atoms with Crippen molar-refractivity contribution in [2.45, 2.75) is 12.8 Å². The number of nitrogens with one attached hydrogen (secondary N) is 1. The van der Waals surface area contributed by atoms with Gasteiger partial charge in [0.25, 0.3) is 0 Å². The maximum atomic E-state index is 13.0. The zero-order valence-electron chi connectivity index (χ0n) is 12.1. The molecule has 1 aliphatic heterocycles. The van der Waals surface area contributed by atoms with Crippen LogP contribution in [0, 0.1) is 11.7 Å². The standard InChI is InChI=1S/C15H20ClFN2O2/c1-21-10-11-4-6-19(9-11)7-5-15(20)18-12-2-3-14(17)13(16)8-12/h2-3,8,11H,4-7,9-10H2,1H3,(H,18,20). The van der Waals surface area contributed by atoms with E-state index in [1.165, 1.54) is 18.2 Å². The van der Waals surface area contributed by atoms with Gasteiger partial charge in [-0.2, -0.15) is 0 Å². The first kappa shape index (κ1) is 16.2. The topological polar surface area (TPSA) is 41.6 Å². The van der Waals surface area contributed by atoms with Gasteiger partial charge in [0.05, 0.1) is 11.6 Å². The molecule has 1 unspecified atom stereocenters. The normalized spacial score (nSPS) is 18.9. The Labute approximate surface area is 129 Å². The Morgan fingerprint density at radius 3 is 3.10 bits per heavy atom. The molecule has 2 rings (SSSR count). The summed E-state index contributed by atoms with van der Waals surface area (Å²) in [5, 5.41) is 2.74. The van der Waals surface area contributed by atoms with Gasteiger partial charge < -0.3 is 15.0 Å². The lowest BCUT2D eigenvalue weighted by atomic mass is 10.1. The van der Waals surface area contributed by atoms with E-state index in [0.29, 0.717) is 18.0 Å². The Morgan fingerprint density at radius 1 is 1.57 bits per heavy atom. The molecule has 1 aliphatic rings. The molecule has 1 amide bonds. The Hall–Kier alpha value is -1.17. The number of ether oxygens (including phenoxy) is 1. The summed E-state index contributed by atoms with van der Waals surface area (Å²) in [5.41, 5.74) is 0.519. The van der Waals surface area contributed by atoms with Crippen molar-refractivity contribution < 1.29 is 13.9 Å². The number of halogens is 2. The highest BCUT2D eigenvalue weighted by Gasteiger charge is 2.22. The molecule has 0 radical (unpaired) electrons. The van der Waals surface area contributed by atoms with E-state index in [1.54, 1.807) is 7.11 Å². The fraction of sp³-hybridized carbons (Fsp3) is 0.533. The number of methoxy groups -OCH3 is 1. The Bertz CT molecular complexity index is 499. The zero-order chi connectivity index (χ0) is 15.2. The van der Waals surface area contributed by atoms with Gasteiger partial charge in [0.1, 0.15) is 5.82 Å². The molecule has 0 saturated carbocycles. The van der Waals surface area contributed by atoms with Gasteiger partial charge in [-0.3, -0.25) is 4.79 Å². The lowest BCUT2D eigenvalue weighted by Crippen LogP contribution is -2.26. The lowest BCUT2D eigenvalue weighted by molar-refractivity contribution is -0.116. The highest BCUT2D eigenvalue weighted by Crippen LogP contribution is 2.20. The van der Waals surface area contributed by atoms with Gasteiger partial charge in [-0.05, 0) is 37.1 Å². The van der Waals surface area contributed by atoms with Crippen LogP contribution in [-0.2, 0) is 9.53 Å². The average molecular weight is 315 g/mol. The highest BCUT2D eigenvalue weighted by molar-refractivity contribution is 6.31. The Balaban J connectivity index is 1.74. The van der Waals surface area contributed by atoms with E-state index in [2.05, 4.69) is 10.2 Å². The lowest BCUT2D eigenvalue weighted by Gasteiger charge is -2.15. The van der Waals surface area contributed by atoms with E-state index in [4.69, 9.17) is 16.3 Å². The van der Waals surface area contributed by atoms with Crippen molar-refractivity contribution in [1.82, 2.24) is 4.90 Å². The molecule has 1 aromatic carbocycles.